The van der Waals surface area contributed by atoms with Crippen molar-refractivity contribution in [2.24, 2.45) is 5.92 Å². The summed E-state index contributed by atoms with van der Waals surface area (Å²) in [5.41, 5.74) is -0.637. The molecule has 1 unspecified atom stereocenters. The molecule has 0 saturated heterocycles. The van der Waals surface area contributed by atoms with E-state index < -0.39 is 23.4 Å². The summed E-state index contributed by atoms with van der Waals surface area (Å²) in [6.45, 7) is 5.14. The van der Waals surface area contributed by atoms with Crippen molar-refractivity contribution in [3.63, 3.8) is 0 Å². The SMILES string of the molecule is CC(C)CC(C)(COc1ccc(-c2ccnc3[nH]ncc23)cc1C(F)(F)F)NC(=O)O. The van der Waals surface area contributed by atoms with Gasteiger partial charge in [0.15, 0.2) is 5.65 Å². The Kier molecular flexibility index (Phi) is 6.10. The first-order valence-corrected chi connectivity index (χ1v) is 9.62. The van der Waals surface area contributed by atoms with Crippen LogP contribution in [0.4, 0.5) is 18.0 Å². The number of aromatic nitrogens is 3. The molecular formula is C21H23F3N4O3. The van der Waals surface area contributed by atoms with Crippen LogP contribution in [0.2, 0.25) is 0 Å². The summed E-state index contributed by atoms with van der Waals surface area (Å²) in [7, 11) is 0. The van der Waals surface area contributed by atoms with Crippen molar-refractivity contribution in [3.05, 3.63) is 42.2 Å². The van der Waals surface area contributed by atoms with E-state index in [0.717, 1.165) is 6.07 Å². The number of carbonyl (C=O) groups is 1. The third-order valence-electron chi connectivity index (χ3n) is 4.76. The van der Waals surface area contributed by atoms with Gasteiger partial charge in [0, 0.05) is 11.6 Å². The third-order valence-corrected chi connectivity index (χ3v) is 4.76. The predicted octanol–water partition coefficient (Wildman–Crippen LogP) is 5.09. The molecule has 0 spiro atoms. The lowest BCUT2D eigenvalue weighted by Gasteiger charge is -2.31. The fourth-order valence-corrected chi connectivity index (χ4v) is 3.69. The average molecular weight is 436 g/mol. The van der Waals surface area contributed by atoms with Gasteiger partial charge in [0.05, 0.1) is 17.3 Å². The van der Waals surface area contributed by atoms with Gasteiger partial charge in [0.2, 0.25) is 0 Å². The molecule has 0 aliphatic rings. The first-order chi connectivity index (χ1) is 14.5. The van der Waals surface area contributed by atoms with E-state index in [2.05, 4.69) is 20.5 Å². The Morgan fingerprint density at radius 2 is 2.03 bits per heavy atom. The minimum absolute atomic E-state index is 0.106. The second-order valence-corrected chi connectivity index (χ2v) is 8.08. The van der Waals surface area contributed by atoms with Crippen molar-refractivity contribution >= 4 is 17.1 Å². The summed E-state index contributed by atoms with van der Waals surface area (Å²) in [6, 6.07) is 5.41. The molecule has 1 aromatic carbocycles. The molecule has 166 valence electrons. The quantitative estimate of drug-likeness (QED) is 0.479. The van der Waals surface area contributed by atoms with Crippen LogP contribution in [-0.4, -0.2) is 38.5 Å². The first kappa shape index (κ1) is 22.4. The number of aromatic amines is 1. The van der Waals surface area contributed by atoms with E-state index in [-0.39, 0.29) is 18.3 Å². The number of fused-ring (bicyclic) bond motifs is 1. The molecule has 1 atom stereocenters. The standard InChI is InChI=1S/C21H23F3N4O3/c1-12(2)9-20(3,27-19(29)30)11-31-17-5-4-13(8-16(17)21(22,23)24)14-6-7-25-18-15(14)10-26-28-18/h4-8,10,12,27H,9,11H2,1-3H3,(H,29,30)(H,25,26,28). The fraction of sp³-hybridized carbons (Fsp3) is 0.381. The number of nitrogens with one attached hydrogen (secondary N) is 2. The van der Waals surface area contributed by atoms with Crippen molar-refractivity contribution < 1.29 is 27.8 Å². The molecule has 10 heteroatoms. The van der Waals surface area contributed by atoms with E-state index in [9.17, 15) is 18.0 Å². The van der Waals surface area contributed by atoms with Crippen LogP contribution in [0.5, 0.6) is 5.75 Å². The van der Waals surface area contributed by atoms with Crippen LogP contribution < -0.4 is 10.1 Å². The molecule has 0 fully saturated rings. The van der Waals surface area contributed by atoms with Crippen molar-refractivity contribution in [3.8, 4) is 16.9 Å². The molecule has 2 aromatic heterocycles. The fourth-order valence-electron chi connectivity index (χ4n) is 3.69. The van der Waals surface area contributed by atoms with Gasteiger partial charge in [0.25, 0.3) is 0 Å². The minimum Gasteiger partial charge on any atom is -0.491 e. The van der Waals surface area contributed by atoms with Crippen LogP contribution in [0.1, 0.15) is 32.8 Å². The van der Waals surface area contributed by atoms with Gasteiger partial charge in [-0.1, -0.05) is 19.9 Å². The van der Waals surface area contributed by atoms with Crippen LogP contribution in [0, 0.1) is 5.92 Å². The molecule has 3 rings (SSSR count). The molecule has 0 aliphatic carbocycles. The zero-order valence-corrected chi connectivity index (χ0v) is 17.2. The van der Waals surface area contributed by atoms with Crippen LogP contribution in [0.15, 0.2) is 36.7 Å². The van der Waals surface area contributed by atoms with Gasteiger partial charge in [-0.15, -0.1) is 0 Å². The maximum Gasteiger partial charge on any atom is 0.419 e. The number of amides is 1. The molecule has 3 aromatic rings. The topological polar surface area (TPSA) is 100 Å². The van der Waals surface area contributed by atoms with Gasteiger partial charge in [0.1, 0.15) is 12.4 Å². The first-order valence-electron chi connectivity index (χ1n) is 9.62. The molecule has 3 N–H and O–H groups in total. The van der Waals surface area contributed by atoms with Crippen LogP contribution >= 0.6 is 0 Å². The Morgan fingerprint density at radius 3 is 2.68 bits per heavy atom. The number of rotatable bonds is 7. The zero-order valence-electron chi connectivity index (χ0n) is 17.2. The van der Waals surface area contributed by atoms with Gasteiger partial charge in [-0.3, -0.25) is 5.10 Å². The van der Waals surface area contributed by atoms with Gasteiger partial charge >= 0.3 is 12.3 Å². The normalized spacial score (nSPS) is 13.9. The highest BCUT2D eigenvalue weighted by Crippen LogP contribution is 2.40. The van der Waals surface area contributed by atoms with Gasteiger partial charge in [-0.2, -0.15) is 18.3 Å². The lowest BCUT2D eigenvalue weighted by atomic mass is 9.91. The van der Waals surface area contributed by atoms with Crippen molar-refractivity contribution in [1.82, 2.24) is 20.5 Å². The number of halogens is 3. The summed E-state index contributed by atoms with van der Waals surface area (Å²) >= 11 is 0. The summed E-state index contributed by atoms with van der Waals surface area (Å²) in [4.78, 5) is 15.3. The second-order valence-electron chi connectivity index (χ2n) is 8.08. The van der Waals surface area contributed by atoms with Crippen molar-refractivity contribution in [1.29, 1.82) is 0 Å². The summed E-state index contributed by atoms with van der Waals surface area (Å²) in [5, 5.41) is 18.7. The maximum atomic E-state index is 13.8. The minimum atomic E-state index is -4.66. The third kappa shape index (κ3) is 5.25. The molecule has 1 amide bonds. The van der Waals surface area contributed by atoms with Crippen LogP contribution in [0.3, 0.4) is 0 Å². The molecule has 7 nitrogen and oxygen atoms in total. The molecule has 0 radical (unpaired) electrons. The summed E-state index contributed by atoms with van der Waals surface area (Å²) in [6.07, 6.45) is -2.54. The van der Waals surface area contributed by atoms with E-state index >= 15 is 0 Å². The highest BCUT2D eigenvalue weighted by molar-refractivity contribution is 5.92. The molecule has 0 bridgehead atoms. The van der Waals surface area contributed by atoms with Gasteiger partial charge in [-0.05, 0) is 48.6 Å². The Bertz CT molecular complexity index is 1080. The van der Waals surface area contributed by atoms with E-state index in [1.807, 2.05) is 13.8 Å². The smallest absolute Gasteiger partial charge is 0.419 e. The van der Waals surface area contributed by atoms with E-state index in [1.165, 1.54) is 24.5 Å². The average Bonchev–Trinajstić information content (AvgIpc) is 3.13. The summed E-state index contributed by atoms with van der Waals surface area (Å²) in [5.74, 6) is -0.259. The number of hydrogen-bond acceptors (Lipinski definition) is 4. The van der Waals surface area contributed by atoms with E-state index in [4.69, 9.17) is 9.84 Å². The Morgan fingerprint density at radius 1 is 1.29 bits per heavy atom. The lowest BCUT2D eigenvalue weighted by molar-refractivity contribution is -0.139. The molecule has 0 aliphatic heterocycles. The van der Waals surface area contributed by atoms with Crippen molar-refractivity contribution in [2.75, 3.05) is 6.61 Å². The van der Waals surface area contributed by atoms with Gasteiger partial charge in [-0.25, -0.2) is 9.78 Å². The number of H-pyrrole nitrogens is 1. The van der Waals surface area contributed by atoms with Crippen molar-refractivity contribution in [2.45, 2.75) is 38.9 Å². The Balaban J connectivity index is 1.96. The highest BCUT2D eigenvalue weighted by Gasteiger charge is 2.36. The predicted molar refractivity (Wildman–Crippen MR) is 109 cm³/mol. The van der Waals surface area contributed by atoms with Crippen LogP contribution in [0.25, 0.3) is 22.2 Å². The molecule has 31 heavy (non-hydrogen) atoms. The maximum absolute atomic E-state index is 13.8. The molecule has 2 heterocycles. The van der Waals surface area contributed by atoms with Gasteiger partial charge < -0.3 is 15.2 Å². The lowest BCUT2D eigenvalue weighted by Crippen LogP contribution is -2.50. The van der Waals surface area contributed by atoms with E-state index in [0.29, 0.717) is 28.6 Å². The van der Waals surface area contributed by atoms with E-state index in [1.54, 1.807) is 13.0 Å². The Labute approximate surface area is 176 Å². The number of alkyl halides is 3. The number of pyridine rings is 1. The second kappa shape index (κ2) is 8.44. The highest BCUT2D eigenvalue weighted by atomic mass is 19.4. The number of hydrogen-bond donors (Lipinski definition) is 3. The Hall–Kier alpha value is -3.30. The molecular weight excluding hydrogens is 413 g/mol. The summed E-state index contributed by atoms with van der Waals surface area (Å²) < 4.78 is 47.0. The number of ether oxygens (including phenoxy) is 1. The largest absolute Gasteiger partial charge is 0.491 e. The number of benzene rings is 1. The van der Waals surface area contributed by atoms with Crippen LogP contribution in [-0.2, 0) is 6.18 Å². The number of carboxylic acid groups (broad SMARTS) is 1. The molecule has 0 saturated carbocycles. The monoisotopic (exact) mass is 436 g/mol. The number of nitrogens with zero attached hydrogens (tertiary/aromatic N) is 2. The zero-order chi connectivity index (χ0) is 22.8.